The Hall–Kier alpha value is -1.80. The zero-order chi connectivity index (χ0) is 14.1. The van der Waals surface area contributed by atoms with Crippen molar-refractivity contribution in [2.75, 3.05) is 26.7 Å². The smallest absolute Gasteiger partial charge is 0.244 e. The number of nitrogens with one attached hydrogen (secondary N) is 2. The second-order valence-electron chi connectivity index (χ2n) is 4.65. The summed E-state index contributed by atoms with van der Waals surface area (Å²) in [6.07, 6.45) is 11.0. The summed E-state index contributed by atoms with van der Waals surface area (Å²) in [6.45, 7) is 1.84. The topological polar surface area (TPSA) is 61.4 Å². The second-order valence-corrected chi connectivity index (χ2v) is 4.65. The standard InChI is InChI=1S/C14H21N3O2/c1-3-10-17(2)11-6-8-13(18)16-12-7-4-5-9-15-14(12)19/h1,6,8,12H,4-5,7,9-11H2,2H3,(H,15,19)(H,16,18)/b8-6+. The molecule has 0 spiro atoms. The molecule has 1 aliphatic heterocycles. The van der Waals surface area contributed by atoms with E-state index in [1.54, 1.807) is 6.08 Å². The largest absolute Gasteiger partial charge is 0.354 e. The molecular formula is C14H21N3O2. The van der Waals surface area contributed by atoms with Gasteiger partial charge in [-0.3, -0.25) is 14.5 Å². The van der Waals surface area contributed by atoms with Gasteiger partial charge in [0.15, 0.2) is 0 Å². The third kappa shape index (κ3) is 6.07. The quantitative estimate of drug-likeness (QED) is 0.537. The zero-order valence-corrected chi connectivity index (χ0v) is 11.3. The molecule has 0 aliphatic carbocycles. The van der Waals surface area contributed by atoms with Crippen LogP contribution < -0.4 is 10.6 Å². The van der Waals surface area contributed by atoms with Gasteiger partial charge in [-0.2, -0.15) is 0 Å². The van der Waals surface area contributed by atoms with Gasteiger partial charge in [0.2, 0.25) is 11.8 Å². The summed E-state index contributed by atoms with van der Waals surface area (Å²) < 4.78 is 0. The van der Waals surface area contributed by atoms with Crippen LogP contribution in [0.2, 0.25) is 0 Å². The molecular weight excluding hydrogens is 242 g/mol. The van der Waals surface area contributed by atoms with Crippen molar-refractivity contribution in [3.05, 3.63) is 12.2 Å². The van der Waals surface area contributed by atoms with E-state index in [2.05, 4.69) is 16.6 Å². The predicted octanol–water partition coefficient (Wildman–Crippen LogP) is -0.107. The fraction of sp³-hybridized carbons (Fsp3) is 0.571. The zero-order valence-electron chi connectivity index (χ0n) is 11.3. The summed E-state index contributed by atoms with van der Waals surface area (Å²) in [5, 5.41) is 5.50. The first kappa shape index (κ1) is 15.3. The molecule has 1 fully saturated rings. The highest BCUT2D eigenvalue weighted by Crippen LogP contribution is 2.05. The van der Waals surface area contributed by atoms with Gasteiger partial charge in [-0.15, -0.1) is 6.42 Å². The van der Waals surface area contributed by atoms with Gasteiger partial charge in [0.25, 0.3) is 0 Å². The highest BCUT2D eigenvalue weighted by Gasteiger charge is 2.21. The molecule has 5 nitrogen and oxygen atoms in total. The SMILES string of the molecule is C#CCN(C)C/C=C/C(=O)NC1CCCCNC1=O. The number of terminal acetylenes is 1. The Morgan fingerprint density at radius 3 is 3.16 bits per heavy atom. The molecule has 1 saturated heterocycles. The van der Waals surface area contributed by atoms with Crippen LogP contribution in [0.25, 0.3) is 0 Å². The minimum atomic E-state index is -0.414. The maximum Gasteiger partial charge on any atom is 0.244 e. The van der Waals surface area contributed by atoms with E-state index in [9.17, 15) is 9.59 Å². The molecule has 2 amide bonds. The summed E-state index contributed by atoms with van der Waals surface area (Å²) in [6, 6.07) is -0.414. The number of amides is 2. The molecule has 0 aromatic rings. The van der Waals surface area contributed by atoms with Crippen LogP contribution in [0.1, 0.15) is 19.3 Å². The lowest BCUT2D eigenvalue weighted by atomic mass is 10.1. The fourth-order valence-electron chi connectivity index (χ4n) is 1.86. The first-order valence-electron chi connectivity index (χ1n) is 6.50. The molecule has 19 heavy (non-hydrogen) atoms. The van der Waals surface area contributed by atoms with Crippen molar-refractivity contribution in [2.24, 2.45) is 0 Å². The molecule has 0 saturated carbocycles. The van der Waals surface area contributed by atoms with Gasteiger partial charge in [0.05, 0.1) is 6.54 Å². The van der Waals surface area contributed by atoms with Gasteiger partial charge < -0.3 is 10.6 Å². The van der Waals surface area contributed by atoms with Crippen molar-refractivity contribution < 1.29 is 9.59 Å². The predicted molar refractivity (Wildman–Crippen MR) is 74.3 cm³/mol. The third-order valence-electron chi connectivity index (χ3n) is 2.90. The Kier molecular flexibility index (Phi) is 6.69. The van der Waals surface area contributed by atoms with E-state index >= 15 is 0 Å². The molecule has 0 bridgehead atoms. The summed E-state index contributed by atoms with van der Waals surface area (Å²) >= 11 is 0. The molecule has 0 aromatic heterocycles. The molecule has 1 unspecified atom stereocenters. The molecule has 5 heteroatoms. The monoisotopic (exact) mass is 263 g/mol. The minimum Gasteiger partial charge on any atom is -0.354 e. The van der Waals surface area contributed by atoms with E-state index in [-0.39, 0.29) is 11.8 Å². The van der Waals surface area contributed by atoms with Crippen LogP contribution in [0.3, 0.4) is 0 Å². The van der Waals surface area contributed by atoms with Gasteiger partial charge in [-0.25, -0.2) is 0 Å². The van der Waals surface area contributed by atoms with Gasteiger partial charge in [-0.05, 0) is 26.3 Å². The fourth-order valence-corrected chi connectivity index (χ4v) is 1.86. The first-order valence-corrected chi connectivity index (χ1v) is 6.50. The van der Waals surface area contributed by atoms with Crippen LogP contribution >= 0.6 is 0 Å². The highest BCUT2D eigenvalue weighted by atomic mass is 16.2. The number of likely N-dealkylation sites (N-methyl/N-ethyl adjacent to an activating group) is 1. The molecule has 2 N–H and O–H groups in total. The summed E-state index contributed by atoms with van der Waals surface area (Å²) in [5.41, 5.74) is 0. The van der Waals surface area contributed by atoms with E-state index in [1.165, 1.54) is 6.08 Å². The van der Waals surface area contributed by atoms with Gasteiger partial charge in [0, 0.05) is 19.2 Å². The number of rotatable bonds is 5. The Bertz CT molecular complexity index is 385. The number of carbonyl (C=O) groups is 2. The van der Waals surface area contributed by atoms with Crippen LogP contribution in [-0.2, 0) is 9.59 Å². The van der Waals surface area contributed by atoms with Crippen molar-refractivity contribution >= 4 is 11.8 Å². The van der Waals surface area contributed by atoms with Crippen LogP contribution in [0.5, 0.6) is 0 Å². The van der Waals surface area contributed by atoms with Gasteiger partial charge in [-0.1, -0.05) is 12.0 Å². The van der Waals surface area contributed by atoms with E-state index in [0.29, 0.717) is 26.1 Å². The van der Waals surface area contributed by atoms with Crippen LogP contribution in [-0.4, -0.2) is 49.4 Å². The summed E-state index contributed by atoms with van der Waals surface area (Å²) in [7, 11) is 1.88. The van der Waals surface area contributed by atoms with Crippen LogP contribution in [0, 0.1) is 12.3 Å². The minimum absolute atomic E-state index is 0.0938. The molecule has 1 heterocycles. The normalized spacial score (nSPS) is 19.8. The molecule has 1 atom stereocenters. The van der Waals surface area contributed by atoms with Gasteiger partial charge in [0.1, 0.15) is 6.04 Å². The van der Waals surface area contributed by atoms with Gasteiger partial charge >= 0.3 is 0 Å². The molecule has 0 aromatic carbocycles. The average Bonchev–Trinajstić information content (AvgIpc) is 2.55. The Balaban J connectivity index is 2.35. The second kappa shape index (κ2) is 8.33. The van der Waals surface area contributed by atoms with Crippen molar-refractivity contribution in [2.45, 2.75) is 25.3 Å². The molecule has 104 valence electrons. The van der Waals surface area contributed by atoms with E-state index in [4.69, 9.17) is 6.42 Å². The maximum absolute atomic E-state index is 11.7. The van der Waals surface area contributed by atoms with Crippen molar-refractivity contribution in [1.29, 1.82) is 0 Å². The first-order chi connectivity index (χ1) is 9.13. The van der Waals surface area contributed by atoms with Crippen LogP contribution in [0.4, 0.5) is 0 Å². The average molecular weight is 263 g/mol. The van der Waals surface area contributed by atoms with E-state index < -0.39 is 6.04 Å². The Morgan fingerprint density at radius 2 is 2.42 bits per heavy atom. The van der Waals surface area contributed by atoms with Crippen molar-refractivity contribution in [3.8, 4) is 12.3 Å². The van der Waals surface area contributed by atoms with Crippen LogP contribution in [0.15, 0.2) is 12.2 Å². The van der Waals surface area contributed by atoms with E-state index in [1.807, 2.05) is 11.9 Å². The Morgan fingerprint density at radius 1 is 1.63 bits per heavy atom. The highest BCUT2D eigenvalue weighted by molar-refractivity contribution is 5.92. The lowest BCUT2D eigenvalue weighted by Crippen LogP contribution is -2.45. The van der Waals surface area contributed by atoms with Crippen molar-refractivity contribution in [3.63, 3.8) is 0 Å². The number of hydrogen-bond acceptors (Lipinski definition) is 3. The lowest BCUT2D eigenvalue weighted by Gasteiger charge is -2.14. The lowest BCUT2D eigenvalue weighted by molar-refractivity contribution is -0.126. The maximum atomic E-state index is 11.7. The molecule has 1 aliphatic rings. The number of nitrogens with zero attached hydrogens (tertiary/aromatic N) is 1. The summed E-state index contributed by atoms with van der Waals surface area (Å²) in [4.78, 5) is 25.2. The Labute approximate surface area is 114 Å². The molecule has 1 rings (SSSR count). The number of hydrogen-bond donors (Lipinski definition) is 2. The van der Waals surface area contributed by atoms with E-state index in [0.717, 1.165) is 12.8 Å². The summed E-state index contributed by atoms with van der Waals surface area (Å²) in [5.74, 6) is 2.19. The van der Waals surface area contributed by atoms with Crippen molar-refractivity contribution in [1.82, 2.24) is 15.5 Å². The third-order valence-corrected chi connectivity index (χ3v) is 2.90. The molecule has 0 radical (unpaired) electrons. The number of carbonyl (C=O) groups excluding carboxylic acids is 2.